The fourth-order valence-electron chi connectivity index (χ4n) is 0. The molecule has 0 fully saturated rings. The molecule has 0 amide bonds. The minimum Gasteiger partial charge on any atom is -0.0928 e. The van der Waals surface area contributed by atoms with Crippen molar-refractivity contribution in [3.05, 3.63) is 0 Å². The predicted molar refractivity (Wildman–Crippen MR) is 24.1 cm³/mol. The molecule has 0 bridgehead atoms. The van der Waals surface area contributed by atoms with Crippen LogP contribution in [0, 0.1) is 0 Å². The average molecular weight is 125 g/mol. The summed E-state index contributed by atoms with van der Waals surface area (Å²) >= 11 is 3.25. The third kappa shape index (κ3) is 2.48. The molecule has 0 aromatic heterocycles. The van der Waals surface area contributed by atoms with Crippen LogP contribution in [0.5, 0.6) is 0 Å². The molecule has 0 N–H and O–H groups in total. The molecule has 0 aromatic carbocycles. The van der Waals surface area contributed by atoms with Gasteiger partial charge in [-0.15, -0.1) is 0 Å². The van der Waals surface area contributed by atoms with Crippen molar-refractivity contribution >= 4 is 15.9 Å². The normalized spacial score (nSPS) is 7.50. The van der Waals surface area contributed by atoms with Crippen LogP contribution in [0.4, 0.5) is 0 Å². The molecular weight excluding hydrogens is 118 g/mol. The van der Waals surface area contributed by atoms with E-state index in [9.17, 15) is 0 Å². The molecule has 26 valence electrons. The lowest BCUT2D eigenvalue weighted by Crippen LogP contribution is -1.54. The standard InChI is InChI=1S/C3H7Br/c1-2-3-4/h2-3H2,1H3/i1+1,2+1. The second-order valence-electron chi connectivity index (χ2n) is 0.689. The number of halogens is 1. The Kier molecular flexibility index (Phi) is 3.90. The van der Waals surface area contributed by atoms with E-state index in [-0.39, 0.29) is 0 Å². The lowest BCUT2D eigenvalue weighted by atomic mass is 11.2. The Labute approximate surface area is 35.3 Å². The minimum absolute atomic E-state index is 1.13. The third-order valence-electron chi connectivity index (χ3n) is 0.189. The zero-order chi connectivity index (χ0) is 3.41. The van der Waals surface area contributed by atoms with E-state index in [2.05, 4.69) is 22.9 Å². The molecule has 0 aromatic rings. The lowest BCUT2D eigenvalue weighted by molar-refractivity contribution is 1.12. The Morgan fingerprint density at radius 3 is 2.00 bits per heavy atom. The Hall–Kier alpha value is 0.480. The zero-order valence-corrected chi connectivity index (χ0v) is 4.38. The highest BCUT2D eigenvalue weighted by molar-refractivity contribution is 9.09. The Morgan fingerprint density at radius 1 is 1.75 bits per heavy atom. The zero-order valence-electron chi connectivity index (χ0n) is 2.79. The fourth-order valence-corrected chi connectivity index (χ4v) is 0. The SMILES string of the molecule is [13CH3][13CH2]CBr. The smallest absolute Gasteiger partial charge is 0.00286 e. The van der Waals surface area contributed by atoms with Crippen LogP contribution in [0.25, 0.3) is 0 Å². The summed E-state index contributed by atoms with van der Waals surface area (Å²) in [5.41, 5.74) is 0. The van der Waals surface area contributed by atoms with Crippen LogP contribution in [0.1, 0.15) is 13.3 Å². The number of hydrogen-bond donors (Lipinski definition) is 0. The van der Waals surface area contributed by atoms with Crippen LogP contribution in [0.2, 0.25) is 0 Å². The van der Waals surface area contributed by atoms with E-state index in [0.29, 0.717) is 0 Å². The number of hydrogen-bond acceptors (Lipinski definition) is 0. The fraction of sp³-hybridized carbons (Fsp3) is 1.00. The molecule has 0 saturated heterocycles. The van der Waals surface area contributed by atoms with E-state index in [4.69, 9.17) is 0 Å². The predicted octanol–water partition coefficient (Wildman–Crippen LogP) is 1.79. The van der Waals surface area contributed by atoms with Crippen LogP contribution in [-0.2, 0) is 0 Å². The maximum absolute atomic E-state index is 3.25. The first-order valence-corrected chi connectivity index (χ1v) is 2.60. The highest BCUT2D eigenvalue weighted by Crippen LogP contribution is 1.80. The van der Waals surface area contributed by atoms with E-state index in [1.807, 2.05) is 0 Å². The minimum atomic E-state index is 1.13. The summed E-state index contributed by atoms with van der Waals surface area (Å²) in [6.45, 7) is 2.13. The van der Waals surface area contributed by atoms with Crippen molar-refractivity contribution in [1.82, 2.24) is 0 Å². The molecule has 0 nitrogen and oxygen atoms in total. The Balaban J connectivity index is 1.97. The van der Waals surface area contributed by atoms with Gasteiger partial charge in [0.2, 0.25) is 0 Å². The van der Waals surface area contributed by atoms with Crippen molar-refractivity contribution in [3.8, 4) is 0 Å². The highest BCUT2D eigenvalue weighted by Gasteiger charge is 1.58. The summed E-state index contributed by atoms with van der Waals surface area (Å²) in [6, 6.07) is 0. The van der Waals surface area contributed by atoms with Crippen molar-refractivity contribution in [2.45, 2.75) is 13.3 Å². The molecule has 0 heterocycles. The van der Waals surface area contributed by atoms with Crippen LogP contribution in [-0.4, -0.2) is 5.33 Å². The Bertz CT molecular complexity index is 5.25. The molecule has 0 rings (SSSR count). The largest absolute Gasteiger partial charge is 0.0928 e. The first kappa shape index (κ1) is 4.48. The van der Waals surface area contributed by atoms with E-state index < -0.39 is 0 Å². The number of alkyl halides is 1. The highest BCUT2D eigenvalue weighted by atomic mass is 79.9. The molecule has 0 radical (unpaired) electrons. The van der Waals surface area contributed by atoms with Gasteiger partial charge in [0, 0.05) is 5.33 Å². The first-order chi connectivity index (χ1) is 1.91. The summed E-state index contributed by atoms with van der Waals surface area (Å²) in [4.78, 5) is 0. The van der Waals surface area contributed by atoms with Gasteiger partial charge in [0.05, 0.1) is 0 Å². The van der Waals surface area contributed by atoms with Crippen LogP contribution in [0.15, 0.2) is 0 Å². The molecule has 0 spiro atoms. The topological polar surface area (TPSA) is 0 Å². The van der Waals surface area contributed by atoms with E-state index >= 15 is 0 Å². The maximum atomic E-state index is 3.25. The van der Waals surface area contributed by atoms with E-state index in [0.717, 1.165) is 5.33 Å². The molecule has 0 aliphatic rings. The van der Waals surface area contributed by atoms with Crippen molar-refractivity contribution in [3.63, 3.8) is 0 Å². The molecule has 4 heavy (non-hydrogen) atoms. The summed E-state index contributed by atoms with van der Waals surface area (Å²) < 4.78 is 0. The molecule has 0 aliphatic carbocycles. The second kappa shape index (κ2) is 3.48. The number of rotatable bonds is 1. The molecular formula is C3H7Br. The van der Waals surface area contributed by atoms with Gasteiger partial charge in [0.25, 0.3) is 0 Å². The summed E-state index contributed by atoms with van der Waals surface area (Å²) in [5, 5.41) is 1.13. The van der Waals surface area contributed by atoms with Gasteiger partial charge in [0.15, 0.2) is 0 Å². The van der Waals surface area contributed by atoms with Gasteiger partial charge in [-0.3, -0.25) is 0 Å². The summed E-state index contributed by atoms with van der Waals surface area (Å²) in [7, 11) is 0. The molecule has 0 saturated carbocycles. The Morgan fingerprint density at radius 2 is 2.00 bits per heavy atom. The van der Waals surface area contributed by atoms with Gasteiger partial charge in [-0.1, -0.05) is 22.9 Å². The molecule has 1 heteroatoms. The van der Waals surface area contributed by atoms with Gasteiger partial charge in [-0.05, 0) is 6.42 Å². The first-order valence-electron chi connectivity index (χ1n) is 1.47. The average Bonchev–Trinajstić information content (AvgIpc) is 1.37. The summed E-state index contributed by atoms with van der Waals surface area (Å²) in [6.07, 6.45) is 1.24. The molecule has 0 atom stereocenters. The van der Waals surface area contributed by atoms with Crippen molar-refractivity contribution in [2.24, 2.45) is 0 Å². The monoisotopic (exact) mass is 124 g/mol. The van der Waals surface area contributed by atoms with E-state index in [1.54, 1.807) is 0 Å². The second-order valence-corrected chi connectivity index (χ2v) is 1.48. The van der Waals surface area contributed by atoms with Gasteiger partial charge in [-0.2, -0.15) is 0 Å². The van der Waals surface area contributed by atoms with E-state index in [1.165, 1.54) is 6.42 Å². The van der Waals surface area contributed by atoms with Gasteiger partial charge >= 0.3 is 0 Å². The van der Waals surface area contributed by atoms with Gasteiger partial charge in [-0.25, -0.2) is 0 Å². The molecule has 0 aliphatic heterocycles. The third-order valence-corrected chi connectivity index (χ3v) is 0.982. The maximum Gasteiger partial charge on any atom is 0.00286 e. The summed E-state index contributed by atoms with van der Waals surface area (Å²) in [5.74, 6) is 0. The van der Waals surface area contributed by atoms with Crippen LogP contribution < -0.4 is 0 Å². The van der Waals surface area contributed by atoms with Crippen LogP contribution >= 0.6 is 15.9 Å². The van der Waals surface area contributed by atoms with Crippen molar-refractivity contribution < 1.29 is 0 Å². The van der Waals surface area contributed by atoms with Gasteiger partial charge in [0.1, 0.15) is 0 Å². The lowest BCUT2D eigenvalue weighted by Gasteiger charge is -1.66. The van der Waals surface area contributed by atoms with Crippen molar-refractivity contribution in [1.29, 1.82) is 0 Å². The van der Waals surface area contributed by atoms with Gasteiger partial charge < -0.3 is 0 Å². The quantitative estimate of drug-likeness (QED) is 0.370. The molecule has 0 unspecified atom stereocenters. The van der Waals surface area contributed by atoms with Crippen LogP contribution in [0.3, 0.4) is 0 Å². The van der Waals surface area contributed by atoms with Crippen molar-refractivity contribution in [2.75, 3.05) is 5.33 Å².